The van der Waals surface area contributed by atoms with Crippen molar-refractivity contribution >= 4 is 38.7 Å². The topological polar surface area (TPSA) is 120 Å². The van der Waals surface area contributed by atoms with E-state index in [1.54, 1.807) is 13.0 Å². The van der Waals surface area contributed by atoms with Gasteiger partial charge < -0.3 is 9.88 Å². The molecule has 0 spiro atoms. The lowest BCUT2D eigenvalue weighted by molar-refractivity contribution is 0.102. The largest absolute Gasteiger partial charge is 0.330 e. The van der Waals surface area contributed by atoms with Crippen LogP contribution in [0, 0.1) is 13.8 Å². The Balaban J connectivity index is 1.42. The normalized spacial score (nSPS) is 15.6. The number of hydrogen-bond acceptors (Lipinski definition) is 7. The van der Waals surface area contributed by atoms with Crippen molar-refractivity contribution in [3.05, 3.63) is 76.5 Å². The van der Waals surface area contributed by atoms with Gasteiger partial charge in [0.05, 0.1) is 41.4 Å². The van der Waals surface area contributed by atoms with Crippen LogP contribution in [0.25, 0.3) is 5.70 Å². The van der Waals surface area contributed by atoms with E-state index < -0.39 is 10.0 Å². The van der Waals surface area contributed by atoms with Gasteiger partial charge in [-0.05, 0) is 73.1 Å². The second-order valence-corrected chi connectivity index (χ2v) is 13.5. The number of aryl methyl sites for hydroxylation is 1. The molecule has 0 radical (unpaired) electrons. The molecule has 11 heteroatoms. The maximum atomic E-state index is 13.5. The highest BCUT2D eigenvalue weighted by Crippen LogP contribution is 2.40. The van der Waals surface area contributed by atoms with Gasteiger partial charge in [-0.15, -0.1) is 5.53 Å². The maximum Gasteiger partial charge on any atom is 0.255 e. The van der Waals surface area contributed by atoms with Crippen LogP contribution >= 0.6 is 0 Å². The summed E-state index contributed by atoms with van der Waals surface area (Å²) in [5.41, 5.74) is 12.8. The molecule has 0 atom stereocenters. The molecule has 1 aliphatic heterocycles. The first kappa shape index (κ1) is 27.7. The number of aromatic nitrogens is 2. The molecule has 0 bridgehead atoms. The van der Waals surface area contributed by atoms with Crippen molar-refractivity contribution in [1.82, 2.24) is 20.5 Å². The number of imidazole rings is 1. The zero-order valence-electron chi connectivity index (χ0n) is 24.0. The summed E-state index contributed by atoms with van der Waals surface area (Å²) in [6.45, 7) is 9.89. The fourth-order valence-electron chi connectivity index (χ4n) is 4.76. The van der Waals surface area contributed by atoms with Crippen molar-refractivity contribution in [1.29, 1.82) is 0 Å². The Labute approximate surface area is 235 Å². The molecular formula is C29H37N7O3S. The highest BCUT2D eigenvalue weighted by molar-refractivity contribution is 7.92. The van der Waals surface area contributed by atoms with Crippen LogP contribution in [0.15, 0.2) is 42.7 Å². The van der Waals surface area contributed by atoms with Gasteiger partial charge in [0.25, 0.3) is 5.91 Å². The molecule has 2 heterocycles. The minimum atomic E-state index is -3.50. The third-order valence-electron chi connectivity index (χ3n) is 7.36. The monoisotopic (exact) mass is 563 g/mol. The lowest BCUT2D eigenvalue weighted by Gasteiger charge is -2.24. The Hall–Kier alpha value is -3.83. The summed E-state index contributed by atoms with van der Waals surface area (Å²) in [4.78, 5) is 18.1. The van der Waals surface area contributed by atoms with E-state index in [4.69, 9.17) is 0 Å². The van der Waals surface area contributed by atoms with E-state index in [-0.39, 0.29) is 11.3 Å². The molecule has 1 aliphatic carbocycles. The average Bonchev–Trinajstić information content (AvgIpc) is 3.45. The number of carbonyl (C=O) groups excluding carboxylic acids is 1. The molecule has 3 aromatic rings. The number of rotatable bonds is 7. The van der Waals surface area contributed by atoms with E-state index in [9.17, 15) is 13.2 Å². The summed E-state index contributed by atoms with van der Waals surface area (Å²) in [6, 6.07) is 9.24. The average molecular weight is 564 g/mol. The molecule has 0 saturated heterocycles. The van der Waals surface area contributed by atoms with Crippen molar-refractivity contribution in [2.75, 3.05) is 21.3 Å². The molecule has 2 aliphatic rings. The summed E-state index contributed by atoms with van der Waals surface area (Å²) in [7, 11) is -1.47. The van der Waals surface area contributed by atoms with Gasteiger partial charge in [-0.1, -0.05) is 26.8 Å². The zero-order chi connectivity index (χ0) is 29.0. The lowest BCUT2D eigenvalue weighted by atomic mass is 9.85. The second kappa shape index (κ2) is 9.97. The van der Waals surface area contributed by atoms with E-state index in [0.717, 1.165) is 40.3 Å². The van der Waals surface area contributed by atoms with Crippen molar-refractivity contribution < 1.29 is 13.2 Å². The first-order valence-corrected chi connectivity index (χ1v) is 15.2. The molecule has 5 rings (SSSR count). The van der Waals surface area contributed by atoms with E-state index in [2.05, 4.69) is 30.6 Å². The first-order chi connectivity index (χ1) is 18.7. The molecule has 0 unspecified atom stereocenters. The number of sulfonamides is 1. The number of amides is 1. The summed E-state index contributed by atoms with van der Waals surface area (Å²) in [5.74, 6) is 1.36. The first-order valence-electron chi connectivity index (χ1n) is 13.3. The van der Waals surface area contributed by atoms with Crippen LogP contribution in [0.3, 0.4) is 0 Å². The van der Waals surface area contributed by atoms with E-state index in [1.165, 1.54) is 12.8 Å². The van der Waals surface area contributed by atoms with Crippen molar-refractivity contribution in [3.63, 3.8) is 0 Å². The molecule has 1 aromatic heterocycles. The van der Waals surface area contributed by atoms with Crippen LogP contribution in [-0.4, -0.2) is 30.1 Å². The summed E-state index contributed by atoms with van der Waals surface area (Å²) in [5, 5.41) is 4.86. The summed E-state index contributed by atoms with van der Waals surface area (Å²) in [6.07, 6.45) is 7.33. The molecule has 1 saturated carbocycles. The third kappa shape index (κ3) is 5.71. The predicted molar refractivity (Wildman–Crippen MR) is 159 cm³/mol. The summed E-state index contributed by atoms with van der Waals surface area (Å²) >= 11 is 0. The smallest absolute Gasteiger partial charge is 0.255 e. The highest BCUT2D eigenvalue weighted by Gasteiger charge is 2.29. The predicted octanol–water partition coefficient (Wildman–Crippen LogP) is 4.66. The molecule has 1 amide bonds. The number of nitrogens with one attached hydrogen (secondary N) is 4. The molecule has 4 N–H and O–H groups in total. The van der Waals surface area contributed by atoms with Crippen LogP contribution in [0.2, 0.25) is 0 Å². The van der Waals surface area contributed by atoms with Gasteiger partial charge in [-0.25, -0.2) is 13.4 Å². The van der Waals surface area contributed by atoms with E-state index in [0.29, 0.717) is 28.4 Å². The van der Waals surface area contributed by atoms with Gasteiger partial charge in [-0.2, -0.15) is 0 Å². The fourth-order valence-corrected chi connectivity index (χ4v) is 5.37. The minimum Gasteiger partial charge on any atom is -0.330 e. The van der Waals surface area contributed by atoms with Gasteiger partial charge in [-0.3, -0.25) is 20.0 Å². The molecule has 2 aromatic carbocycles. The Morgan fingerprint density at radius 3 is 2.45 bits per heavy atom. The zero-order valence-corrected chi connectivity index (χ0v) is 24.8. The number of nitrogens with zero attached hydrogens (tertiary/aromatic N) is 3. The van der Waals surface area contributed by atoms with Gasteiger partial charge in [0.2, 0.25) is 10.0 Å². The van der Waals surface area contributed by atoms with Crippen LogP contribution in [0.5, 0.6) is 0 Å². The lowest BCUT2D eigenvalue weighted by Crippen LogP contribution is -2.36. The van der Waals surface area contributed by atoms with Gasteiger partial charge in [0.1, 0.15) is 5.82 Å². The standard InChI is InChI=1S/C29H37N7O3S/c1-17-8-9-20(12-25(17)36-16-24(32-34-36)26-15-30-27(35(26)6)19-10-11-19)28(37)31-22-13-21(29(3,4)5)14-23(18(22)2)33-40(7,38)39/h8-9,12-16,19,32-34H,10-11H2,1-7H3,(H,31,37). The number of carbonyl (C=O) groups is 1. The Bertz CT molecular complexity index is 1630. The van der Waals surface area contributed by atoms with Crippen molar-refractivity contribution in [3.8, 4) is 0 Å². The fraction of sp³-hybridized carbons (Fsp3) is 0.379. The molecule has 1 fully saturated rings. The van der Waals surface area contributed by atoms with Crippen LogP contribution in [-0.2, 0) is 22.5 Å². The Morgan fingerprint density at radius 1 is 1.10 bits per heavy atom. The number of benzene rings is 2. The quantitative estimate of drug-likeness (QED) is 0.330. The van der Waals surface area contributed by atoms with Crippen LogP contribution < -0.4 is 26.0 Å². The number of hydrogen-bond donors (Lipinski definition) is 4. The van der Waals surface area contributed by atoms with E-state index in [1.807, 2.05) is 76.4 Å². The van der Waals surface area contributed by atoms with Gasteiger partial charge >= 0.3 is 0 Å². The van der Waals surface area contributed by atoms with Crippen molar-refractivity contribution in [2.45, 2.75) is 58.8 Å². The maximum absolute atomic E-state index is 13.5. The SMILES string of the molecule is Cc1ccc(C(=O)Nc2cc(C(C)(C)C)cc(NS(C)(=O)=O)c2C)cc1N1C=C(c2cnc(C3CC3)n2C)NN1. The Kier molecular flexibility index (Phi) is 6.91. The molecule has 212 valence electrons. The summed E-state index contributed by atoms with van der Waals surface area (Å²) < 4.78 is 28.7. The van der Waals surface area contributed by atoms with Gasteiger partial charge in [0.15, 0.2) is 0 Å². The highest BCUT2D eigenvalue weighted by atomic mass is 32.2. The van der Waals surface area contributed by atoms with Crippen LogP contribution in [0.4, 0.5) is 17.1 Å². The van der Waals surface area contributed by atoms with Crippen LogP contribution in [0.1, 0.15) is 78.1 Å². The number of anilines is 3. The molecular weight excluding hydrogens is 526 g/mol. The van der Waals surface area contributed by atoms with Crippen molar-refractivity contribution in [2.24, 2.45) is 7.05 Å². The number of hydrazine groups is 2. The Morgan fingerprint density at radius 2 is 1.80 bits per heavy atom. The second-order valence-electron chi connectivity index (χ2n) is 11.8. The van der Waals surface area contributed by atoms with Gasteiger partial charge in [0, 0.05) is 24.2 Å². The molecule has 40 heavy (non-hydrogen) atoms. The third-order valence-corrected chi connectivity index (χ3v) is 7.95. The molecule has 10 nitrogen and oxygen atoms in total. The van der Waals surface area contributed by atoms with E-state index >= 15 is 0 Å². The minimum absolute atomic E-state index is 0.260.